The Hall–Kier alpha value is -2.55. The first-order chi connectivity index (χ1) is 12.5. The maximum absolute atomic E-state index is 12.7. The topological polar surface area (TPSA) is 29.5 Å². The van der Waals surface area contributed by atoms with Gasteiger partial charge in [0.05, 0.1) is 12.6 Å². The Bertz CT molecular complexity index is 790. The highest BCUT2D eigenvalue weighted by Gasteiger charge is 2.40. The number of carbonyl (C=O) groups is 1. The summed E-state index contributed by atoms with van der Waals surface area (Å²) in [5.74, 6) is -0.451. The smallest absolute Gasteiger partial charge is 0.315 e. The lowest BCUT2D eigenvalue weighted by atomic mass is 9.94. The number of hydrogen-bond donors (Lipinski definition) is 0. The van der Waals surface area contributed by atoms with Crippen LogP contribution < -0.4 is 0 Å². The summed E-state index contributed by atoms with van der Waals surface area (Å²) in [4.78, 5) is 15.0. The van der Waals surface area contributed by atoms with E-state index < -0.39 is 0 Å². The molecule has 1 aliphatic heterocycles. The van der Waals surface area contributed by atoms with Crippen LogP contribution in [-0.2, 0) is 9.53 Å². The predicted octanol–water partition coefficient (Wildman–Crippen LogP) is 4.90. The Morgan fingerprint density at radius 1 is 0.962 bits per heavy atom. The van der Waals surface area contributed by atoms with Crippen molar-refractivity contribution in [1.82, 2.24) is 4.90 Å². The summed E-state index contributed by atoms with van der Waals surface area (Å²) in [6, 6.07) is 16.9. The maximum atomic E-state index is 12.7. The van der Waals surface area contributed by atoms with Crippen molar-refractivity contribution in [1.29, 1.82) is 0 Å². The molecule has 0 aromatic heterocycles. The fourth-order valence-corrected chi connectivity index (χ4v) is 3.64. The monoisotopic (exact) mass is 349 g/mol. The molecule has 0 spiro atoms. The van der Waals surface area contributed by atoms with Crippen LogP contribution in [0.15, 0.2) is 54.6 Å². The lowest BCUT2D eigenvalue weighted by Gasteiger charge is -2.31. The molecule has 3 rings (SSSR count). The van der Waals surface area contributed by atoms with Gasteiger partial charge in [-0.15, -0.1) is 0 Å². The summed E-state index contributed by atoms with van der Waals surface area (Å²) in [6.45, 7) is 9.38. The SMILES string of the molecule is CCOC(=O)[C@H]1C=C(c2ccc(C)cc2)N(CC)[C@H]1c1ccc(C)cc1. The Labute approximate surface area is 156 Å². The van der Waals surface area contributed by atoms with Crippen molar-refractivity contribution in [2.24, 2.45) is 5.92 Å². The molecule has 0 bridgehead atoms. The Kier molecular flexibility index (Phi) is 5.46. The molecular formula is C23H27NO2. The van der Waals surface area contributed by atoms with E-state index in [4.69, 9.17) is 4.74 Å². The molecule has 0 aliphatic carbocycles. The summed E-state index contributed by atoms with van der Waals surface area (Å²) in [5.41, 5.74) is 5.84. The molecule has 3 heteroatoms. The fraction of sp³-hybridized carbons (Fsp3) is 0.348. The number of carbonyl (C=O) groups excluding carboxylic acids is 1. The van der Waals surface area contributed by atoms with Crippen molar-refractivity contribution in [3.05, 3.63) is 76.9 Å². The van der Waals surface area contributed by atoms with E-state index in [0.29, 0.717) is 6.61 Å². The summed E-state index contributed by atoms with van der Waals surface area (Å²) in [5, 5.41) is 0. The minimum atomic E-state index is -0.297. The van der Waals surface area contributed by atoms with Crippen LogP contribution in [0.3, 0.4) is 0 Å². The molecule has 0 saturated heterocycles. The first kappa shape index (κ1) is 18.2. The van der Waals surface area contributed by atoms with Gasteiger partial charge in [0.15, 0.2) is 0 Å². The standard InChI is InChI=1S/C23H27NO2/c1-5-24-21(18-11-7-16(3)8-12-18)15-20(23(25)26-6-2)22(24)19-13-9-17(4)10-14-19/h7-15,20,22H,5-6H2,1-4H3/t20-,22-/m0/s1. The summed E-state index contributed by atoms with van der Waals surface area (Å²) >= 11 is 0. The van der Waals surface area contributed by atoms with Crippen LogP contribution in [0, 0.1) is 19.8 Å². The third-order valence-electron chi connectivity index (χ3n) is 4.99. The van der Waals surface area contributed by atoms with Crippen LogP contribution >= 0.6 is 0 Å². The lowest BCUT2D eigenvalue weighted by molar-refractivity contribution is -0.147. The minimum Gasteiger partial charge on any atom is -0.465 e. The summed E-state index contributed by atoms with van der Waals surface area (Å²) in [6.07, 6.45) is 2.08. The highest BCUT2D eigenvalue weighted by Crippen LogP contribution is 2.43. The molecule has 136 valence electrons. The molecule has 0 amide bonds. The quantitative estimate of drug-likeness (QED) is 0.719. The van der Waals surface area contributed by atoms with Gasteiger partial charge in [-0.3, -0.25) is 4.79 Å². The minimum absolute atomic E-state index is 0.0315. The third-order valence-corrected chi connectivity index (χ3v) is 4.99. The van der Waals surface area contributed by atoms with Crippen LogP contribution in [0.2, 0.25) is 0 Å². The zero-order valence-corrected chi connectivity index (χ0v) is 16.0. The van der Waals surface area contributed by atoms with E-state index in [0.717, 1.165) is 23.4 Å². The van der Waals surface area contributed by atoms with Crippen molar-refractivity contribution in [3.63, 3.8) is 0 Å². The fourth-order valence-electron chi connectivity index (χ4n) is 3.64. The molecule has 0 N–H and O–H groups in total. The third kappa shape index (κ3) is 3.52. The van der Waals surface area contributed by atoms with E-state index in [1.165, 1.54) is 11.1 Å². The molecule has 3 nitrogen and oxygen atoms in total. The van der Waals surface area contributed by atoms with E-state index >= 15 is 0 Å². The first-order valence-electron chi connectivity index (χ1n) is 9.33. The van der Waals surface area contributed by atoms with Gasteiger partial charge >= 0.3 is 5.97 Å². The average Bonchev–Trinajstić information content (AvgIpc) is 3.03. The van der Waals surface area contributed by atoms with Gasteiger partial charge in [0.2, 0.25) is 0 Å². The van der Waals surface area contributed by atoms with Gasteiger partial charge in [-0.2, -0.15) is 0 Å². The summed E-state index contributed by atoms with van der Waals surface area (Å²) < 4.78 is 5.39. The van der Waals surface area contributed by atoms with Gasteiger partial charge in [0.25, 0.3) is 0 Å². The van der Waals surface area contributed by atoms with Crippen molar-refractivity contribution < 1.29 is 9.53 Å². The highest BCUT2D eigenvalue weighted by atomic mass is 16.5. The van der Waals surface area contributed by atoms with Crippen LogP contribution in [0.25, 0.3) is 5.70 Å². The normalized spacial score (nSPS) is 19.4. The van der Waals surface area contributed by atoms with Crippen LogP contribution in [0.4, 0.5) is 0 Å². The maximum Gasteiger partial charge on any atom is 0.315 e. The summed E-state index contributed by atoms with van der Waals surface area (Å²) in [7, 11) is 0. The Morgan fingerprint density at radius 2 is 1.54 bits per heavy atom. The number of benzene rings is 2. The molecule has 0 unspecified atom stereocenters. The molecule has 1 aliphatic rings. The highest BCUT2D eigenvalue weighted by molar-refractivity contribution is 5.82. The number of ether oxygens (including phenoxy) is 1. The molecule has 2 aromatic carbocycles. The Morgan fingerprint density at radius 3 is 2.08 bits per heavy atom. The number of nitrogens with zero attached hydrogens (tertiary/aromatic N) is 1. The van der Waals surface area contributed by atoms with E-state index in [-0.39, 0.29) is 17.9 Å². The van der Waals surface area contributed by atoms with Crippen LogP contribution in [-0.4, -0.2) is 24.0 Å². The molecule has 0 fully saturated rings. The zero-order chi connectivity index (χ0) is 18.7. The molecule has 0 radical (unpaired) electrons. The molecule has 26 heavy (non-hydrogen) atoms. The van der Waals surface area contributed by atoms with Gasteiger partial charge in [-0.1, -0.05) is 59.7 Å². The van der Waals surface area contributed by atoms with Crippen molar-refractivity contribution in [3.8, 4) is 0 Å². The van der Waals surface area contributed by atoms with E-state index in [2.05, 4.69) is 80.3 Å². The molecule has 2 atom stereocenters. The molecular weight excluding hydrogens is 322 g/mol. The van der Waals surface area contributed by atoms with E-state index in [1.54, 1.807) is 0 Å². The van der Waals surface area contributed by atoms with Crippen molar-refractivity contribution >= 4 is 11.7 Å². The molecule has 2 aromatic rings. The van der Waals surface area contributed by atoms with E-state index in [9.17, 15) is 4.79 Å². The Balaban J connectivity index is 2.04. The number of rotatable bonds is 5. The average molecular weight is 349 g/mol. The number of aryl methyl sites for hydroxylation is 2. The number of hydrogen-bond acceptors (Lipinski definition) is 3. The van der Waals surface area contributed by atoms with Gasteiger partial charge < -0.3 is 9.64 Å². The predicted molar refractivity (Wildman–Crippen MR) is 106 cm³/mol. The van der Waals surface area contributed by atoms with Gasteiger partial charge in [0.1, 0.15) is 5.92 Å². The van der Waals surface area contributed by atoms with Gasteiger partial charge in [0, 0.05) is 12.2 Å². The van der Waals surface area contributed by atoms with Gasteiger partial charge in [-0.05, 0) is 44.9 Å². The van der Waals surface area contributed by atoms with Crippen molar-refractivity contribution in [2.45, 2.75) is 33.7 Å². The number of esters is 1. The second-order valence-electron chi connectivity index (χ2n) is 6.84. The second kappa shape index (κ2) is 7.77. The lowest BCUT2D eigenvalue weighted by Crippen LogP contribution is -2.30. The second-order valence-corrected chi connectivity index (χ2v) is 6.84. The van der Waals surface area contributed by atoms with Gasteiger partial charge in [-0.25, -0.2) is 0 Å². The van der Waals surface area contributed by atoms with Crippen LogP contribution in [0.1, 0.15) is 42.1 Å². The molecule has 0 saturated carbocycles. The van der Waals surface area contributed by atoms with Crippen LogP contribution in [0.5, 0.6) is 0 Å². The first-order valence-corrected chi connectivity index (χ1v) is 9.33. The zero-order valence-electron chi connectivity index (χ0n) is 16.0. The van der Waals surface area contributed by atoms with E-state index in [1.807, 2.05) is 6.92 Å². The van der Waals surface area contributed by atoms with Crippen molar-refractivity contribution in [2.75, 3.05) is 13.2 Å². The molecule has 1 heterocycles. The largest absolute Gasteiger partial charge is 0.465 e.